The van der Waals surface area contributed by atoms with Gasteiger partial charge in [0.2, 0.25) is 11.8 Å². The first-order chi connectivity index (χ1) is 11.5. The van der Waals surface area contributed by atoms with E-state index < -0.39 is 6.04 Å². The quantitative estimate of drug-likeness (QED) is 0.689. The van der Waals surface area contributed by atoms with Crippen molar-refractivity contribution in [3.8, 4) is 0 Å². The fourth-order valence-corrected chi connectivity index (χ4v) is 2.97. The summed E-state index contributed by atoms with van der Waals surface area (Å²) in [7, 11) is 1.45. The Kier molecular flexibility index (Phi) is 6.75. The molecule has 0 aliphatic carbocycles. The summed E-state index contributed by atoms with van der Waals surface area (Å²) >= 11 is 0. The zero-order valence-electron chi connectivity index (χ0n) is 14.6. The summed E-state index contributed by atoms with van der Waals surface area (Å²) in [5.41, 5.74) is 2.55. The van der Waals surface area contributed by atoms with Crippen molar-refractivity contribution in [1.82, 2.24) is 16.0 Å². The minimum atomic E-state index is -0.563. The average molecular weight is 333 g/mol. The highest BCUT2D eigenvalue weighted by Gasteiger charge is 2.26. The molecule has 0 saturated carbocycles. The molecule has 0 saturated heterocycles. The van der Waals surface area contributed by atoms with Crippen molar-refractivity contribution in [3.63, 3.8) is 0 Å². The number of amides is 2. The zero-order chi connectivity index (χ0) is 17.5. The molecule has 6 heteroatoms. The molecule has 0 radical (unpaired) electrons. The second-order valence-electron chi connectivity index (χ2n) is 6.42. The molecule has 1 unspecified atom stereocenters. The molecule has 0 fully saturated rings. The van der Waals surface area contributed by atoms with E-state index in [0.717, 1.165) is 13.0 Å². The number of benzene rings is 1. The molecular weight excluding hydrogens is 306 g/mol. The maximum atomic E-state index is 12.5. The molecule has 2 atom stereocenters. The van der Waals surface area contributed by atoms with Gasteiger partial charge < -0.3 is 20.7 Å². The van der Waals surface area contributed by atoms with Crippen LogP contribution < -0.4 is 16.0 Å². The predicted molar refractivity (Wildman–Crippen MR) is 92.5 cm³/mol. The van der Waals surface area contributed by atoms with Crippen molar-refractivity contribution in [2.24, 2.45) is 5.92 Å². The number of rotatable bonds is 7. The van der Waals surface area contributed by atoms with E-state index in [4.69, 9.17) is 4.74 Å². The standard InChI is InChI=1S/C18H27N3O3/c1-12(2)17(21-16(22)11-24-3)18(23)20-10-15-14-7-5-4-6-13(14)8-9-19-15/h4-7,12,15,17,19H,8-11H2,1-3H3,(H,20,23)(H,21,22)/t15?,17-/m0/s1. The molecule has 1 aromatic carbocycles. The van der Waals surface area contributed by atoms with Gasteiger partial charge in [0.1, 0.15) is 12.6 Å². The highest BCUT2D eigenvalue weighted by molar-refractivity contribution is 5.88. The Morgan fingerprint density at radius 3 is 2.79 bits per heavy atom. The van der Waals surface area contributed by atoms with Crippen molar-refractivity contribution < 1.29 is 14.3 Å². The third-order valence-electron chi connectivity index (χ3n) is 4.24. The van der Waals surface area contributed by atoms with E-state index in [1.165, 1.54) is 18.2 Å². The Bertz CT molecular complexity index is 574. The second-order valence-corrected chi connectivity index (χ2v) is 6.42. The Hall–Kier alpha value is -1.92. The van der Waals surface area contributed by atoms with Crippen LogP contribution in [0.15, 0.2) is 24.3 Å². The van der Waals surface area contributed by atoms with E-state index in [0.29, 0.717) is 6.54 Å². The first-order valence-electron chi connectivity index (χ1n) is 8.40. The van der Waals surface area contributed by atoms with Crippen molar-refractivity contribution in [2.75, 3.05) is 26.8 Å². The fraction of sp³-hybridized carbons (Fsp3) is 0.556. The summed E-state index contributed by atoms with van der Waals surface area (Å²) in [4.78, 5) is 24.2. The van der Waals surface area contributed by atoms with Crippen molar-refractivity contribution in [2.45, 2.75) is 32.4 Å². The van der Waals surface area contributed by atoms with Gasteiger partial charge >= 0.3 is 0 Å². The molecule has 1 aromatic rings. The molecule has 0 bridgehead atoms. The number of hydrogen-bond donors (Lipinski definition) is 3. The number of fused-ring (bicyclic) bond motifs is 1. The van der Waals surface area contributed by atoms with Gasteiger partial charge in [0.05, 0.1) is 0 Å². The first kappa shape index (κ1) is 18.4. The average Bonchev–Trinajstić information content (AvgIpc) is 2.57. The zero-order valence-corrected chi connectivity index (χ0v) is 14.6. The highest BCUT2D eigenvalue weighted by atomic mass is 16.5. The molecular formula is C18H27N3O3. The van der Waals surface area contributed by atoms with Crippen LogP contribution in [-0.4, -0.2) is 44.7 Å². The van der Waals surface area contributed by atoms with Gasteiger partial charge in [0, 0.05) is 19.7 Å². The Labute approximate surface area is 143 Å². The van der Waals surface area contributed by atoms with E-state index in [1.54, 1.807) is 0 Å². The van der Waals surface area contributed by atoms with E-state index in [-0.39, 0.29) is 30.4 Å². The van der Waals surface area contributed by atoms with Crippen molar-refractivity contribution >= 4 is 11.8 Å². The summed E-state index contributed by atoms with van der Waals surface area (Å²) in [6, 6.07) is 7.82. The molecule has 0 aromatic heterocycles. The lowest BCUT2D eigenvalue weighted by Crippen LogP contribution is -2.52. The summed E-state index contributed by atoms with van der Waals surface area (Å²) in [6.45, 7) is 5.17. The maximum Gasteiger partial charge on any atom is 0.246 e. The van der Waals surface area contributed by atoms with Gasteiger partial charge in [0.15, 0.2) is 0 Å². The molecule has 6 nitrogen and oxygen atoms in total. The Morgan fingerprint density at radius 2 is 2.08 bits per heavy atom. The van der Waals surface area contributed by atoms with E-state index >= 15 is 0 Å². The smallest absolute Gasteiger partial charge is 0.246 e. The SMILES string of the molecule is COCC(=O)N[C@H](C(=O)NCC1NCCc2ccccc21)C(C)C. The summed E-state index contributed by atoms with van der Waals surface area (Å²) in [5.74, 6) is -0.454. The number of ether oxygens (including phenoxy) is 1. The third-order valence-corrected chi connectivity index (χ3v) is 4.24. The van der Waals surface area contributed by atoms with Gasteiger partial charge in [-0.25, -0.2) is 0 Å². The van der Waals surface area contributed by atoms with Gasteiger partial charge in [-0.3, -0.25) is 9.59 Å². The summed E-state index contributed by atoms with van der Waals surface area (Å²) in [6.07, 6.45) is 1.00. The van der Waals surface area contributed by atoms with Crippen LogP contribution >= 0.6 is 0 Å². The largest absolute Gasteiger partial charge is 0.375 e. The number of carbonyl (C=O) groups is 2. The van der Waals surface area contributed by atoms with E-state index in [2.05, 4.69) is 28.1 Å². The monoisotopic (exact) mass is 333 g/mol. The molecule has 3 N–H and O–H groups in total. The van der Waals surface area contributed by atoms with Crippen molar-refractivity contribution in [1.29, 1.82) is 0 Å². The maximum absolute atomic E-state index is 12.5. The van der Waals surface area contributed by atoms with Crippen LogP contribution in [-0.2, 0) is 20.7 Å². The normalized spacial score (nSPS) is 17.9. The second kappa shape index (κ2) is 8.80. The molecule has 1 heterocycles. The van der Waals surface area contributed by atoms with Gasteiger partial charge in [-0.1, -0.05) is 38.1 Å². The van der Waals surface area contributed by atoms with Crippen LogP contribution in [0.2, 0.25) is 0 Å². The topological polar surface area (TPSA) is 79.5 Å². The van der Waals surface area contributed by atoms with Crippen LogP contribution in [0.3, 0.4) is 0 Å². The molecule has 2 rings (SSSR count). The van der Waals surface area contributed by atoms with Gasteiger partial charge in [0.25, 0.3) is 0 Å². The van der Waals surface area contributed by atoms with Crippen LogP contribution in [0.5, 0.6) is 0 Å². The molecule has 24 heavy (non-hydrogen) atoms. The Morgan fingerprint density at radius 1 is 1.33 bits per heavy atom. The van der Waals surface area contributed by atoms with Gasteiger partial charge in [-0.15, -0.1) is 0 Å². The number of carbonyl (C=O) groups excluding carboxylic acids is 2. The molecule has 1 aliphatic heterocycles. The minimum absolute atomic E-state index is 0.00240. The van der Waals surface area contributed by atoms with Crippen LogP contribution in [0, 0.1) is 5.92 Å². The fourth-order valence-electron chi connectivity index (χ4n) is 2.97. The predicted octanol–water partition coefficient (Wildman–Crippen LogP) is 0.777. The lowest BCUT2D eigenvalue weighted by Gasteiger charge is -2.28. The molecule has 2 amide bonds. The number of hydrogen-bond acceptors (Lipinski definition) is 4. The van der Waals surface area contributed by atoms with E-state index in [1.807, 2.05) is 26.0 Å². The number of nitrogens with one attached hydrogen (secondary N) is 3. The van der Waals surface area contributed by atoms with E-state index in [9.17, 15) is 9.59 Å². The molecule has 1 aliphatic rings. The van der Waals surface area contributed by atoms with Gasteiger partial charge in [-0.05, 0) is 30.0 Å². The minimum Gasteiger partial charge on any atom is -0.375 e. The molecule has 0 spiro atoms. The lowest BCUT2D eigenvalue weighted by atomic mass is 9.94. The summed E-state index contributed by atoms with van der Waals surface area (Å²) < 4.78 is 4.80. The highest BCUT2D eigenvalue weighted by Crippen LogP contribution is 2.21. The van der Waals surface area contributed by atoms with Crippen LogP contribution in [0.25, 0.3) is 0 Å². The van der Waals surface area contributed by atoms with Crippen LogP contribution in [0.4, 0.5) is 0 Å². The van der Waals surface area contributed by atoms with Gasteiger partial charge in [-0.2, -0.15) is 0 Å². The first-order valence-corrected chi connectivity index (χ1v) is 8.40. The number of methoxy groups -OCH3 is 1. The van der Waals surface area contributed by atoms with Crippen molar-refractivity contribution in [3.05, 3.63) is 35.4 Å². The lowest BCUT2D eigenvalue weighted by molar-refractivity contribution is -0.132. The Balaban J connectivity index is 1.95. The van der Waals surface area contributed by atoms with Crippen LogP contribution in [0.1, 0.15) is 31.0 Å². The third kappa shape index (κ3) is 4.79. The summed E-state index contributed by atoms with van der Waals surface area (Å²) in [5, 5.41) is 9.13. The molecule has 132 valence electrons.